The van der Waals surface area contributed by atoms with Crippen molar-refractivity contribution in [1.29, 1.82) is 5.26 Å². The summed E-state index contributed by atoms with van der Waals surface area (Å²) in [6, 6.07) is 4.97. The molecule has 0 aliphatic rings. The predicted octanol–water partition coefficient (Wildman–Crippen LogP) is 2.77. The summed E-state index contributed by atoms with van der Waals surface area (Å²) in [5, 5.41) is 8.69. The van der Waals surface area contributed by atoms with Crippen molar-refractivity contribution in [3.05, 3.63) is 29.1 Å². The molecule has 0 fully saturated rings. The van der Waals surface area contributed by atoms with Gasteiger partial charge in [-0.05, 0) is 31.5 Å². The van der Waals surface area contributed by atoms with Gasteiger partial charge in [-0.3, -0.25) is 0 Å². The van der Waals surface area contributed by atoms with Gasteiger partial charge in [-0.15, -0.1) is 0 Å². The van der Waals surface area contributed by atoms with Crippen LogP contribution in [0.4, 0.5) is 4.39 Å². The summed E-state index contributed by atoms with van der Waals surface area (Å²) in [5.41, 5.74) is 1.12. The molecule has 0 N–H and O–H groups in total. The van der Waals surface area contributed by atoms with Gasteiger partial charge < -0.3 is 4.74 Å². The van der Waals surface area contributed by atoms with Gasteiger partial charge in [0.25, 0.3) is 0 Å². The van der Waals surface area contributed by atoms with Crippen molar-refractivity contribution in [2.75, 3.05) is 7.11 Å². The molecule has 0 amide bonds. The molecule has 0 saturated heterocycles. The minimum Gasteiger partial charge on any atom is -0.496 e. The first kappa shape index (κ1) is 10.5. The zero-order valence-electron chi connectivity index (χ0n) is 8.47. The molecule has 74 valence electrons. The molecular weight excluding hydrogens is 181 g/mol. The van der Waals surface area contributed by atoms with Crippen molar-refractivity contribution >= 4 is 0 Å². The molecule has 0 bridgehead atoms. The zero-order chi connectivity index (χ0) is 10.7. The molecule has 1 atom stereocenters. The fourth-order valence-electron chi connectivity index (χ4n) is 1.29. The lowest BCUT2D eigenvalue weighted by atomic mass is 10.00. The fourth-order valence-corrected chi connectivity index (χ4v) is 1.29. The number of hydrogen-bond acceptors (Lipinski definition) is 2. The molecule has 0 saturated carbocycles. The van der Waals surface area contributed by atoms with Crippen LogP contribution in [0, 0.1) is 24.1 Å². The summed E-state index contributed by atoms with van der Waals surface area (Å²) in [5.74, 6) is -0.189. The molecule has 14 heavy (non-hydrogen) atoms. The number of nitriles is 1. The number of halogens is 1. The minimum absolute atomic E-state index is 0.350. The summed E-state index contributed by atoms with van der Waals surface area (Å²) in [6.45, 7) is 3.43. The first-order chi connectivity index (χ1) is 6.60. The van der Waals surface area contributed by atoms with Gasteiger partial charge in [0.15, 0.2) is 0 Å². The standard InChI is InChI=1S/C11H12FNO/c1-7-4-10(12)9(8(2)6-13)5-11(7)14-3/h4-5,8H,1-3H3. The molecule has 3 heteroatoms. The van der Waals surface area contributed by atoms with Gasteiger partial charge in [0.1, 0.15) is 11.6 Å². The van der Waals surface area contributed by atoms with Crippen molar-refractivity contribution in [3.63, 3.8) is 0 Å². The number of methoxy groups -OCH3 is 1. The molecule has 0 radical (unpaired) electrons. The van der Waals surface area contributed by atoms with Crippen molar-refractivity contribution in [3.8, 4) is 11.8 Å². The topological polar surface area (TPSA) is 33.0 Å². The maximum Gasteiger partial charge on any atom is 0.128 e. The highest BCUT2D eigenvalue weighted by atomic mass is 19.1. The van der Waals surface area contributed by atoms with E-state index in [0.29, 0.717) is 11.3 Å². The van der Waals surface area contributed by atoms with Gasteiger partial charge >= 0.3 is 0 Å². The molecular formula is C11H12FNO. The van der Waals surface area contributed by atoms with E-state index in [1.165, 1.54) is 13.2 Å². The Morgan fingerprint density at radius 1 is 1.50 bits per heavy atom. The van der Waals surface area contributed by atoms with E-state index >= 15 is 0 Å². The van der Waals surface area contributed by atoms with E-state index in [-0.39, 0.29) is 5.82 Å². The highest BCUT2D eigenvalue weighted by Crippen LogP contribution is 2.26. The van der Waals surface area contributed by atoms with Gasteiger partial charge in [0, 0.05) is 5.56 Å². The summed E-state index contributed by atoms with van der Waals surface area (Å²) in [7, 11) is 1.53. The number of rotatable bonds is 2. The number of nitrogens with zero attached hydrogens (tertiary/aromatic N) is 1. The Bertz CT molecular complexity index is 382. The van der Waals surface area contributed by atoms with E-state index in [1.54, 1.807) is 19.9 Å². The maximum absolute atomic E-state index is 13.4. The SMILES string of the molecule is COc1cc(C(C)C#N)c(F)cc1C. The fraction of sp³-hybridized carbons (Fsp3) is 0.364. The van der Waals surface area contributed by atoms with E-state index in [4.69, 9.17) is 10.00 Å². The van der Waals surface area contributed by atoms with Crippen LogP contribution in [-0.4, -0.2) is 7.11 Å². The zero-order valence-corrected chi connectivity index (χ0v) is 8.47. The second-order valence-corrected chi connectivity index (χ2v) is 3.19. The number of ether oxygens (including phenoxy) is 1. The Morgan fingerprint density at radius 3 is 2.64 bits per heavy atom. The van der Waals surface area contributed by atoms with Gasteiger partial charge in [0.2, 0.25) is 0 Å². The lowest BCUT2D eigenvalue weighted by Crippen LogP contribution is -1.98. The number of benzene rings is 1. The number of hydrogen-bond donors (Lipinski definition) is 0. The Hall–Kier alpha value is -1.56. The van der Waals surface area contributed by atoms with Gasteiger partial charge in [-0.2, -0.15) is 5.26 Å². The quantitative estimate of drug-likeness (QED) is 0.723. The Balaban J connectivity index is 3.25. The molecule has 2 nitrogen and oxygen atoms in total. The first-order valence-corrected chi connectivity index (χ1v) is 4.33. The highest BCUT2D eigenvalue weighted by molar-refractivity contribution is 5.40. The molecule has 1 rings (SSSR count). The first-order valence-electron chi connectivity index (χ1n) is 4.33. The van der Waals surface area contributed by atoms with E-state index in [9.17, 15) is 4.39 Å². The monoisotopic (exact) mass is 193 g/mol. The van der Waals surface area contributed by atoms with Crippen molar-refractivity contribution in [2.45, 2.75) is 19.8 Å². The van der Waals surface area contributed by atoms with Crippen LogP contribution in [0.3, 0.4) is 0 Å². The van der Waals surface area contributed by atoms with E-state index in [0.717, 1.165) is 5.56 Å². The van der Waals surface area contributed by atoms with Gasteiger partial charge in [-0.25, -0.2) is 4.39 Å². The summed E-state index contributed by atoms with van der Waals surface area (Å²) >= 11 is 0. The van der Waals surface area contributed by atoms with Crippen LogP contribution in [0.5, 0.6) is 5.75 Å². The van der Waals surface area contributed by atoms with Crippen molar-refractivity contribution in [1.82, 2.24) is 0 Å². The molecule has 0 aromatic heterocycles. The van der Waals surface area contributed by atoms with E-state index in [2.05, 4.69) is 0 Å². The van der Waals surface area contributed by atoms with Crippen LogP contribution in [0.15, 0.2) is 12.1 Å². The minimum atomic E-state index is -0.454. The molecule has 0 spiro atoms. The predicted molar refractivity (Wildman–Crippen MR) is 51.7 cm³/mol. The van der Waals surface area contributed by atoms with Crippen molar-refractivity contribution < 1.29 is 9.13 Å². The van der Waals surface area contributed by atoms with E-state index < -0.39 is 5.92 Å². The lowest BCUT2D eigenvalue weighted by molar-refractivity contribution is 0.409. The third-order valence-electron chi connectivity index (χ3n) is 2.17. The third-order valence-corrected chi connectivity index (χ3v) is 2.17. The molecule has 1 aromatic carbocycles. The van der Waals surface area contributed by atoms with Crippen LogP contribution in [0.25, 0.3) is 0 Å². The number of aryl methyl sites for hydroxylation is 1. The highest BCUT2D eigenvalue weighted by Gasteiger charge is 2.13. The normalized spacial score (nSPS) is 11.9. The summed E-state index contributed by atoms with van der Waals surface area (Å²) < 4.78 is 18.5. The molecule has 1 aromatic rings. The third kappa shape index (κ3) is 1.85. The summed E-state index contributed by atoms with van der Waals surface area (Å²) in [4.78, 5) is 0. The van der Waals surface area contributed by atoms with Gasteiger partial charge in [0.05, 0.1) is 19.1 Å². The molecule has 0 heterocycles. The van der Waals surface area contributed by atoms with Gasteiger partial charge in [-0.1, -0.05) is 0 Å². The second-order valence-electron chi connectivity index (χ2n) is 3.19. The van der Waals surface area contributed by atoms with Crippen LogP contribution in [0.1, 0.15) is 24.0 Å². The Labute approximate surface area is 82.9 Å². The van der Waals surface area contributed by atoms with E-state index in [1.807, 2.05) is 6.07 Å². The lowest BCUT2D eigenvalue weighted by Gasteiger charge is -2.10. The van der Waals surface area contributed by atoms with Crippen LogP contribution in [0.2, 0.25) is 0 Å². The van der Waals surface area contributed by atoms with Crippen LogP contribution in [-0.2, 0) is 0 Å². The Kier molecular flexibility index (Phi) is 3.08. The largest absolute Gasteiger partial charge is 0.496 e. The average molecular weight is 193 g/mol. The smallest absolute Gasteiger partial charge is 0.128 e. The van der Waals surface area contributed by atoms with Crippen LogP contribution < -0.4 is 4.74 Å². The molecule has 0 aliphatic carbocycles. The summed E-state index contributed by atoms with van der Waals surface area (Å²) in [6.07, 6.45) is 0. The Morgan fingerprint density at radius 2 is 2.14 bits per heavy atom. The van der Waals surface area contributed by atoms with Crippen molar-refractivity contribution in [2.24, 2.45) is 0 Å². The molecule has 0 aliphatic heterocycles. The average Bonchev–Trinajstić information content (AvgIpc) is 2.17. The second kappa shape index (κ2) is 4.10. The van der Waals surface area contributed by atoms with Crippen LogP contribution >= 0.6 is 0 Å². The molecule has 1 unspecified atom stereocenters. The maximum atomic E-state index is 13.4.